The van der Waals surface area contributed by atoms with E-state index < -0.39 is 0 Å². The minimum absolute atomic E-state index is 0.413. The molecule has 0 atom stereocenters. The molecule has 5 nitrogen and oxygen atoms in total. The second-order valence-corrected chi connectivity index (χ2v) is 7.82. The molecule has 0 aliphatic rings. The number of aromatic nitrogens is 5. The van der Waals surface area contributed by atoms with E-state index in [2.05, 4.69) is 24.9 Å². The highest BCUT2D eigenvalue weighted by atomic mass is 35.5. The first-order chi connectivity index (χ1) is 15.0. The molecule has 0 aliphatic carbocycles. The Kier molecular flexibility index (Phi) is 6.28. The van der Waals surface area contributed by atoms with Gasteiger partial charge in [-0.15, -0.1) is 0 Å². The maximum absolute atomic E-state index is 6.37. The molecule has 0 spiro atoms. The summed E-state index contributed by atoms with van der Waals surface area (Å²) in [6, 6.07) is 13.2. The van der Waals surface area contributed by atoms with Crippen molar-refractivity contribution in [2.75, 3.05) is 0 Å². The average molecular weight is 469 g/mol. The van der Waals surface area contributed by atoms with Crippen molar-refractivity contribution < 1.29 is 0 Å². The van der Waals surface area contributed by atoms with E-state index in [1.165, 1.54) is 0 Å². The molecule has 0 amide bonds. The smallest absolute Gasteiger partial charge is 0.162 e. The summed E-state index contributed by atoms with van der Waals surface area (Å²) in [5.74, 6) is 0. The maximum Gasteiger partial charge on any atom is 0.162 e. The van der Waals surface area contributed by atoms with Crippen molar-refractivity contribution in [1.82, 2.24) is 24.9 Å². The van der Waals surface area contributed by atoms with Crippen molar-refractivity contribution in [1.29, 1.82) is 0 Å². The molecule has 0 aliphatic heterocycles. The Morgan fingerprint density at radius 1 is 0.613 bits per heavy atom. The number of fused-ring (bicyclic) bond motifs is 2. The van der Waals surface area contributed by atoms with Gasteiger partial charge in [-0.05, 0) is 55.8 Å². The molecule has 31 heavy (non-hydrogen) atoms. The lowest BCUT2D eigenvalue weighted by Gasteiger charge is -2.08. The summed E-state index contributed by atoms with van der Waals surface area (Å²) >= 11 is 18.3. The lowest BCUT2D eigenvalue weighted by Crippen LogP contribution is -1.95. The molecule has 0 bridgehead atoms. The number of hydrogen-bond acceptors (Lipinski definition) is 5. The fourth-order valence-electron chi connectivity index (χ4n) is 3.03. The molecule has 0 aromatic carbocycles. The third kappa shape index (κ3) is 4.30. The molecule has 0 saturated heterocycles. The van der Waals surface area contributed by atoms with Gasteiger partial charge in [0.25, 0.3) is 0 Å². The van der Waals surface area contributed by atoms with Crippen molar-refractivity contribution in [3.05, 3.63) is 87.4 Å². The van der Waals surface area contributed by atoms with Crippen LogP contribution in [0.5, 0.6) is 0 Å². The highest BCUT2D eigenvalue weighted by Gasteiger charge is 2.12. The van der Waals surface area contributed by atoms with Crippen LogP contribution < -0.4 is 0 Å². The molecule has 8 heteroatoms. The van der Waals surface area contributed by atoms with Gasteiger partial charge in [-0.2, -0.15) is 0 Å². The standard InChI is InChI=1S/C14H10ClN3.C9H6Cl2N2/c1-9-12(15)10-5-4-8-17-14(10)18-13(9)11-6-2-3-7-16-11;1-5-7(10)6-3-2-4-12-9(6)13-8(5)11/h2-8H,1H3;2-4H,1H3. The van der Waals surface area contributed by atoms with E-state index in [-0.39, 0.29) is 0 Å². The Balaban J connectivity index is 0.000000158. The van der Waals surface area contributed by atoms with E-state index in [1.54, 1.807) is 18.6 Å². The summed E-state index contributed by atoms with van der Waals surface area (Å²) < 4.78 is 0. The Morgan fingerprint density at radius 3 is 1.81 bits per heavy atom. The van der Waals surface area contributed by atoms with Crippen LogP contribution in [-0.4, -0.2) is 24.9 Å². The SMILES string of the molecule is Cc1c(-c2ccccn2)nc2ncccc2c1Cl.Cc1c(Cl)nc2ncccc2c1Cl. The highest BCUT2D eigenvalue weighted by Crippen LogP contribution is 2.31. The van der Waals surface area contributed by atoms with E-state index in [4.69, 9.17) is 34.8 Å². The van der Waals surface area contributed by atoms with Crippen molar-refractivity contribution in [3.63, 3.8) is 0 Å². The fraction of sp³-hybridized carbons (Fsp3) is 0.0870. The van der Waals surface area contributed by atoms with Crippen LogP contribution >= 0.6 is 34.8 Å². The number of halogens is 3. The Morgan fingerprint density at radius 2 is 1.19 bits per heavy atom. The minimum atomic E-state index is 0.413. The molecule has 5 aromatic heterocycles. The van der Waals surface area contributed by atoms with Gasteiger partial charge < -0.3 is 0 Å². The van der Waals surface area contributed by atoms with Gasteiger partial charge in [0.1, 0.15) is 5.15 Å². The number of rotatable bonds is 1. The quantitative estimate of drug-likeness (QED) is 0.250. The molecule has 5 rings (SSSR count). The normalized spacial score (nSPS) is 10.7. The first-order valence-corrected chi connectivity index (χ1v) is 10.5. The molecule has 154 valence electrons. The summed E-state index contributed by atoms with van der Waals surface area (Å²) in [6.07, 6.45) is 5.12. The zero-order chi connectivity index (χ0) is 22.0. The van der Waals surface area contributed by atoms with E-state index in [1.807, 2.05) is 56.3 Å². The molecule has 0 N–H and O–H groups in total. The largest absolute Gasteiger partial charge is 0.255 e. The van der Waals surface area contributed by atoms with Gasteiger partial charge in [-0.25, -0.2) is 19.9 Å². The second-order valence-electron chi connectivity index (χ2n) is 6.71. The van der Waals surface area contributed by atoms with Crippen LogP contribution in [0, 0.1) is 13.8 Å². The summed E-state index contributed by atoms with van der Waals surface area (Å²) in [6.45, 7) is 3.79. The Bertz CT molecular complexity index is 1390. The van der Waals surface area contributed by atoms with Crippen molar-refractivity contribution >= 4 is 56.9 Å². The van der Waals surface area contributed by atoms with Crippen LogP contribution in [0.2, 0.25) is 15.2 Å². The molecule has 0 radical (unpaired) electrons. The number of nitrogens with zero attached hydrogens (tertiary/aromatic N) is 5. The van der Waals surface area contributed by atoms with Gasteiger partial charge in [0.15, 0.2) is 11.3 Å². The molecule has 5 aromatic rings. The van der Waals surface area contributed by atoms with Crippen molar-refractivity contribution in [2.24, 2.45) is 0 Å². The topological polar surface area (TPSA) is 64.5 Å². The third-order valence-electron chi connectivity index (χ3n) is 4.70. The van der Waals surface area contributed by atoms with Crippen LogP contribution in [0.15, 0.2) is 61.1 Å². The van der Waals surface area contributed by atoms with Gasteiger partial charge >= 0.3 is 0 Å². The fourth-order valence-corrected chi connectivity index (χ4v) is 3.73. The van der Waals surface area contributed by atoms with Gasteiger partial charge in [0, 0.05) is 34.9 Å². The van der Waals surface area contributed by atoms with Gasteiger partial charge in [0.2, 0.25) is 0 Å². The maximum atomic E-state index is 6.37. The van der Waals surface area contributed by atoms with Crippen LogP contribution in [0.1, 0.15) is 11.1 Å². The van der Waals surface area contributed by atoms with E-state index >= 15 is 0 Å². The van der Waals surface area contributed by atoms with Gasteiger partial charge in [-0.1, -0.05) is 40.9 Å². The molecule has 0 unspecified atom stereocenters. The first-order valence-electron chi connectivity index (χ1n) is 9.36. The molecular formula is C23H16Cl3N5. The lowest BCUT2D eigenvalue weighted by atomic mass is 10.1. The van der Waals surface area contributed by atoms with E-state index in [0.29, 0.717) is 26.5 Å². The average Bonchev–Trinajstić information content (AvgIpc) is 2.81. The zero-order valence-electron chi connectivity index (χ0n) is 16.6. The summed E-state index contributed by atoms with van der Waals surface area (Å²) in [7, 11) is 0. The second kappa shape index (κ2) is 9.10. The lowest BCUT2D eigenvalue weighted by molar-refractivity contribution is 1.21. The zero-order valence-corrected chi connectivity index (χ0v) is 18.9. The van der Waals surface area contributed by atoms with E-state index in [9.17, 15) is 0 Å². The van der Waals surface area contributed by atoms with Gasteiger partial charge in [0.05, 0.1) is 21.4 Å². The molecular weight excluding hydrogens is 453 g/mol. The van der Waals surface area contributed by atoms with Crippen LogP contribution in [0.3, 0.4) is 0 Å². The molecule has 0 fully saturated rings. The summed E-state index contributed by atoms with van der Waals surface area (Å²) in [5, 5.41) is 3.44. The predicted octanol–water partition coefficient (Wildman–Crippen LogP) is 6.90. The number of hydrogen-bond donors (Lipinski definition) is 0. The van der Waals surface area contributed by atoms with Crippen LogP contribution in [0.25, 0.3) is 33.5 Å². The summed E-state index contributed by atoms with van der Waals surface area (Å²) in [5.41, 5.74) is 4.55. The predicted molar refractivity (Wildman–Crippen MR) is 127 cm³/mol. The monoisotopic (exact) mass is 467 g/mol. The van der Waals surface area contributed by atoms with Gasteiger partial charge in [-0.3, -0.25) is 4.98 Å². The van der Waals surface area contributed by atoms with Crippen molar-refractivity contribution in [3.8, 4) is 11.4 Å². The highest BCUT2D eigenvalue weighted by molar-refractivity contribution is 6.39. The Hall–Kier alpha value is -2.86. The van der Waals surface area contributed by atoms with Crippen LogP contribution in [0.4, 0.5) is 0 Å². The van der Waals surface area contributed by atoms with E-state index in [0.717, 1.165) is 33.3 Å². The summed E-state index contributed by atoms with van der Waals surface area (Å²) in [4.78, 5) is 21.3. The molecule has 5 heterocycles. The van der Waals surface area contributed by atoms with Crippen molar-refractivity contribution in [2.45, 2.75) is 13.8 Å². The minimum Gasteiger partial charge on any atom is -0.255 e. The Labute approximate surface area is 194 Å². The third-order valence-corrected chi connectivity index (χ3v) is 6.04. The number of pyridine rings is 5. The molecule has 0 saturated carbocycles. The first kappa shape index (κ1) is 21.4. The van der Waals surface area contributed by atoms with Crippen LogP contribution in [-0.2, 0) is 0 Å².